The highest BCUT2D eigenvalue weighted by atomic mass is 79.9. The highest BCUT2D eigenvalue weighted by Crippen LogP contribution is 2.22. The van der Waals surface area contributed by atoms with Crippen LogP contribution in [0.1, 0.15) is 57.1 Å². The van der Waals surface area contributed by atoms with Gasteiger partial charge in [0.2, 0.25) is 5.91 Å². The first-order chi connectivity index (χ1) is 10.2. The molecule has 0 unspecified atom stereocenters. The van der Waals surface area contributed by atoms with E-state index in [1.54, 1.807) is 0 Å². The molecule has 1 aliphatic rings. The van der Waals surface area contributed by atoms with E-state index in [1.165, 1.54) is 31.2 Å². The zero-order valence-corrected chi connectivity index (χ0v) is 14.3. The molecule has 2 rings (SSSR count). The van der Waals surface area contributed by atoms with Gasteiger partial charge in [-0.05, 0) is 31.4 Å². The summed E-state index contributed by atoms with van der Waals surface area (Å²) in [5.74, 6) is 0.112. The lowest BCUT2D eigenvalue weighted by molar-refractivity contribution is -0.121. The zero-order valence-electron chi connectivity index (χ0n) is 12.7. The summed E-state index contributed by atoms with van der Waals surface area (Å²) in [5, 5.41) is 6.47. The summed E-state index contributed by atoms with van der Waals surface area (Å²) in [6.07, 6.45) is 7.36. The van der Waals surface area contributed by atoms with Crippen LogP contribution in [0.2, 0.25) is 0 Å². The summed E-state index contributed by atoms with van der Waals surface area (Å²) in [5.41, 5.74) is 1.18. The molecule has 0 radical (unpaired) electrons. The fraction of sp³-hybridized carbons (Fsp3) is 0.588. The lowest BCUT2D eigenvalue weighted by atomic mass is 10.1. The molecule has 1 atom stereocenters. The number of hydrogen-bond acceptors (Lipinski definition) is 2. The summed E-state index contributed by atoms with van der Waals surface area (Å²) >= 11 is 3.55. The van der Waals surface area contributed by atoms with Crippen LogP contribution in [0, 0.1) is 0 Å². The molecule has 0 spiro atoms. The van der Waals surface area contributed by atoms with Gasteiger partial charge in [-0.2, -0.15) is 0 Å². The smallest absolute Gasteiger partial charge is 0.234 e. The Hall–Kier alpha value is -0.870. The van der Waals surface area contributed by atoms with Crippen LogP contribution in [0.5, 0.6) is 0 Å². The van der Waals surface area contributed by atoms with E-state index in [1.807, 2.05) is 18.2 Å². The largest absolute Gasteiger partial charge is 0.352 e. The van der Waals surface area contributed by atoms with Crippen LogP contribution in [0.3, 0.4) is 0 Å². The van der Waals surface area contributed by atoms with Gasteiger partial charge in [0.05, 0.1) is 6.54 Å². The SMILES string of the molecule is C[C@H](NCC(=O)NC1CCCCCC1)c1ccccc1Br. The minimum Gasteiger partial charge on any atom is -0.352 e. The highest BCUT2D eigenvalue weighted by Gasteiger charge is 2.15. The molecule has 4 heteroatoms. The molecule has 2 N–H and O–H groups in total. The molecule has 1 aromatic rings. The van der Waals surface area contributed by atoms with Crippen molar-refractivity contribution in [1.82, 2.24) is 10.6 Å². The van der Waals surface area contributed by atoms with Crippen molar-refractivity contribution >= 4 is 21.8 Å². The number of carbonyl (C=O) groups excluding carboxylic acids is 1. The van der Waals surface area contributed by atoms with Gasteiger partial charge in [0.15, 0.2) is 0 Å². The quantitative estimate of drug-likeness (QED) is 0.788. The van der Waals surface area contributed by atoms with Gasteiger partial charge in [-0.1, -0.05) is 59.8 Å². The molecule has 116 valence electrons. The van der Waals surface area contributed by atoms with Crippen LogP contribution in [-0.4, -0.2) is 18.5 Å². The average molecular weight is 353 g/mol. The van der Waals surface area contributed by atoms with Crippen molar-refractivity contribution < 1.29 is 4.79 Å². The highest BCUT2D eigenvalue weighted by molar-refractivity contribution is 9.10. The Bertz CT molecular complexity index is 456. The molecular formula is C17H25BrN2O. The summed E-state index contributed by atoms with van der Waals surface area (Å²) in [6.45, 7) is 2.46. The normalized spacial score (nSPS) is 18.0. The van der Waals surface area contributed by atoms with Crippen molar-refractivity contribution in [2.75, 3.05) is 6.54 Å². The fourth-order valence-electron chi connectivity index (χ4n) is 2.88. The van der Waals surface area contributed by atoms with Gasteiger partial charge in [0.25, 0.3) is 0 Å². The molecule has 3 nitrogen and oxygen atoms in total. The second-order valence-electron chi connectivity index (χ2n) is 5.88. The second kappa shape index (κ2) is 8.54. The van der Waals surface area contributed by atoms with Crippen molar-refractivity contribution in [2.24, 2.45) is 0 Å². The van der Waals surface area contributed by atoms with Crippen molar-refractivity contribution in [2.45, 2.75) is 57.5 Å². The number of hydrogen-bond donors (Lipinski definition) is 2. The van der Waals surface area contributed by atoms with E-state index in [0.717, 1.165) is 17.3 Å². The van der Waals surface area contributed by atoms with Gasteiger partial charge in [0.1, 0.15) is 0 Å². The first kappa shape index (κ1) is 16.5. The Balaban J connectivity index is 1.76. The number of rotatable bonds is 5. The number of halogens is 1. The predicted molar refractivity (Wildman–Crippen MR) is 90.2 cm³/mol. The first-order valence-corrected chi connectivity index (χ1v) is 8.73. The molecule has 0 saturated heterocycles. The molecule has 0 aromatic heterocycles. The summed E-state index contributed by atoms with van der Waals surface area (Å²) < 4.78 is 1.08. The van der Waals surface area contributed by atoms with E-state index in [-0.39, 0.29) is 11.9 Å². The van der Waals surface area contributed by atoms with Crippen molar-refractivity contribution in [1.29, 1.82) is 0 Å². The lowest BCUT2D eigenvalue weighted by Gasteiger charge is -2.19. The van der Waals surface area contributed by atoms with Crippen molar-refractivity contribution in [3.8, 4) is 0 Å². The number of nitrogens with one attached hydrogen (secondary N) is 2. The molecule has 0 aliphatic heterocycles. The van der Waals surface area contributed by atoms with E-state index in [9.17, 15) is 4.79 Å². The van der Waals surface area contributed by atoms with Crippen LogP contribution < -0.4 is 10.6 Å². The summed E-state index contributed by atoms with van der Waals surface area (Å²) in [6, 6.07) is 8.65. The van der Waals surface area contributed by atoms with Crippen molar-refractivity contribution in [3.05, 3.63) is 34.3 Å². The fourth-order valence-corrected chi connectivity index (χ4v) is 3.51. The molecule has 1 aliphatic carbocycles. The topological polar surface area (TPSA) is 41.1 Å². The molecule has 1 fully saturated rings. The standard InChI is InChI=1S/C17H25BrN2O/c1-13(15-10-6-7-11-16(15)18)19-12-17(21)20-14-8-4-2-3-5-9-14/h6-7,10-11,13-14,19H,2-5,8-9,12H2,1H3,(H,20,21)/t13-/m0/s1. The first-order valence-electron chi connectivity index (χ1n) is 7.94. The maximum atomic E-state index is 12.1. The monoisotopic (exact) mass is 352 g/mol. The van der Waals surface area contributed by atoms with Crippen LogP contribution in [0.4, 0.5) is 0 Å². The van der Waals surface area contributed by atoms with Gasteiger partial charge in [-0.3, -0.25) is 4.79 Å². The zero-order chi connectivity index (χ0) is 15.1. The minimum absolute atomic E-state index is 0.112. The van der Waals surface area contributed by atoms with E-state index >= 15 is 0 Å². The Kier molecular flexibility index (Phi) is 6.71. The van der Waals surface area contributed by atoms with Gasteiger partial charge in [-0.15, -0.1) is 0 Å². The minimum atomic E-state index is 0.112. The molecule has 0 heterocycles. The third kappa shape index (κ3) is 5.44. The van der Waals surface area contributed by atoms with E-state index in [0.29, 0.717) is 12.6 Å². The van der Waals surface area contributed by atoms with Gasteiger partial charge >= 0.3 is 0 Å². The van der Waals surface area contributed by atoms with E-state index in [4.69, 9.17) is 0 Å². The van der Waals surface area contributed by atoms with Crippen LogP contribution in [0.25, 0.3) is 0 Å². The molecule has 21 heavy (non-hydrogen) atoms. The molecule has 1 aromatic carbocycles. The Morgan fingerprint density at radius 2 is 1.90 bits per heavy atom. The Morgan fingerprint density at radius 3 is 2.57 bits per heavy atom. The van der Waals surface area contributed by atoms with Crippen molar-refractivity contribution in [3.63, 3.8) is 0 Å². The van der Waals surface area contributed by atoms with Crippen LogP contribution >= 0.6 is 15.9 Å². The van der Waals surface area contributed by atoms with Gasteiger partial charge in [-0.25, -0.2) is 0 Å². The summed E-state index contributed by atoms with van der Waals surface area (Å²) in [7, 11) is 0. The van der Waals surface area contributed by atoms with Crippen LogP contribution in [0.15, 0.2) is 28.7 Å². The summed E-state index contributed by atoms with van der Waals surface area (Å²) in [4.78, 5) is 12.1. The second-order valence-corrected chi connectivity index (χ2v) is 6.73. The molecule has 1 amide bonds. The van der Waals surface area contributed by atoms with Crippen LogP contribution in [-0.2, 0) is 4.79 Å². The number of carbonyl (C=O) groups is 1. The Morgan fingerprint density at radius 1 is 1.24 bits per heavy atom. The maximum Gasteiger partial charge on any atom is 0.234 e. The lowest BCUT2D eigenvalue weighted by Crippen LogP contribution is -2.40. The Labute approximate surface area is 136 Å². The third-order valence-corrected chi connectivity index (χ3v) is 4.88. The van der Waals surface area contributed by atoms with Gasteiger partial charge in [0, 0.05) is 16.6 Å². The molecule has 0 bridgehead atoms. The molecule has 1 saturated carbocycles. The number of amides is 1. The van der Waals surface area contributed by atoms with E-state index in [2.05, 4.69) is 39.6 Å². The third-order valence-electron chi connectivity index (χ3n) is 4.16. The average Bonchev–Trinajstić information content (AvgIpc) is 2.74. The number of benzene rings is 1. The van der Waals surface area contributed by atoms with Gasteiger partial charge < -0.3 is 10.6 Å². The predicted octanol–water partition coefficient (Wildman–Crippen LogP) is 3.94. The maximum absolute atomic E-state index is 12.1. The molecular weight excluding hydrogens is 328 g/mol. The van der Waals surface area contributed by atoms with E-state index < -0.39 is 0 Å².